The zero-order chi connectivity index (χ0) is 27.4. The Labute approximate surface area is 225 Å². The maximum atomic E-state index is 8.36. The topological polar surface area (TPSA) is 128 Å². The molecule has 0 amide bonds. The number of fused-ring (bicyclic) bond motifs is 2. The summed E-state index contributed by atoms with van der Waals surface area (Å²) in [4.78, 5) is 32.2. The van der Waals surface area contributed by atoms with Crippen LogP contribution in [0.25, 0.3) is 11.4 Å². The molecule has 2 aliphatic heterocycles. The fraction of sp³-hybridized carbons (Fsp3) is 0.571. The number of benzene rings is 1. The average Bonchev–Trinajstić information content (AvgIpc) is 3.29. The highest BCUT2D eigenvalue weighted by Crippen LogP contribution is 2.48. The molecule has 0 bridgehead atoms. The van der Waals surface area contributed by atoms with Gasteiger partial charge in [-0.25, -0.2) is 9.97 Å². The van der Waals surface area contributed by atoms with Crippen LogP contribution in [0.1, 0.15) is 43.4 Å². The Hall–Kier alpha value is -3.08. The van der Waals surface area contributed by atoms with Gasteiger partial charge in [-0.3, -0.25) is 9.59 Å². The lowest BCUT2D eigenvalue weighted by atomic mass is 9.75. The number of piperidine rings is 2. The molecule has 0 unspecified atom stereocenters. The molecule has 3 aliphatic rings. The van der Waals surface area contributed by atoms with Gasteiger partial charge in [0.05, 0.1) is 12.3 Å². The summed E-state index contributed by atoms with van der Waals surface area (Å²) in [6.45, 7) is 5.82. The number of carboxylic acid groups (broad SMARTS) is 2. The number of nitrogens with zero attached hydrogens (tertiary/aromatic N) is 4. The monoisotopic (exact) mass is 527 g/mol. The van der Waals surface area contributed by atoms with E-state index in [1.807, 2.05) is 0 Å². The maximum Gasteiger partial charge on any atom is 0.290 e. The predicted molar refractivity (Wildman–Crippen MR) is 147 cm³/mol. The summed E-state index contributed by atoms with van der Waals surface area (Å²) in [5, 5.41) is 17.3. The molecule has 3 heterocycles. The van der Waals surface area contributed by atoms with Gasteiger partial charge in [-0.05, 0) is 71.8 Å². The van der Waals surface area contributed by atoms with Crippen molar-refractivity contribution in [3.8, 4) is 11.4 Å². The van der Waals surface area contributed by atoms with Crippen molar-refractivity contribution in [3.05, 3.63) is 41.6 Å². The lowest BCUT2D eigenvalue weighted by Gasteiger charge is -2.44. The minimum atomic E-state index is -0.250. The molecule has 0 radical (unpaired) electrons. The third-order valence-corrected chi connectivity index (χ3v) is 7.95. The highest BCUT2D eigenvalue weighted by Gasteiger charge is 2.45. The van der Waals surface area contributed by atoms with Gasteiger partial charge < -0.3 is 30.1 Å². The number of likely N-dealkylation sites (tertiary alicyclic amines) is 2. The van der Waals surface area contributed by atoms with Gasteiger partial charge in [0, 0.05) is 36.2 Å². The first-order valence-electron chi connectivity index (χ1n) is 13.3. The van der Waals surface area contributed by atoms with Crippen molar-refractivity contribution in [3.63, 3.8) is 0 Å². The lowest BCUT2D eigenvalue weighted by molar-refractivity contribution is -0.123. The molecule has 1 spiro atoms. The van der Waals surface area contributed by atoms with Crippen LogP contribution in [-0.2, 0) is 26.2 Å². The Balaban J connectivity index is 0.000000611. The van der Waals surface area contributed by atoms with E-state index in [-0.39, 0.29) is 18.4 Å². The molecule has 1 aromatic carbocycles. The summed E-state index contributed by atoms with van der Waals surface area (Å²) in [6, 6.07) is 11.2. The summed E-state index contributed by atoms with van der Waals surface area (Å²) in [5.74, 6) is 1.86. The van der Waals surface area contributed by atoms with Crippen LogP contribution in [0.3, 0.4) is 0 Å². The minimum Gasteiger partial charge on any atom is -0.483 e. The Morgan fingerprint density at radius 3 is 2.26 bits per heavy atom. The number of hydrogen-bond donors (Lipinski definition) is 3. The van der Waals surface area contributed by atoms with Gasteiger partial charge in [0.25, 0.3) is 12.9 Å². The van der Waals surface area contributed by atoms with E-state index in [0.29, 0.717) is 6.61 Å². The second-order valence-electron chi connectivity index (χ2n) is 10.1. The average molecular weight is 528 g/mol. The Bertz CT molecular complexity index is 1000. The van der Waals surface area contributed by atoms with Gasteiger partial charge in [-0.15, -0.1) is 0 Å². The second kappa shape index (κ2) is 14.8. The number of anilines is 1. The van der Waals surface area contributed by atoms with E-state index in [0.717, 1.165) is 36.2 Å². The van der Waals surface area contributed by atoms with Crippen LogP contribution in [0, 0.1) is 0 Å². The van der Waals surface area contributed by atoms with Crippen molar-refractivity contribution in [2.75, 3.05) is 58.8 Å². The van der Waals surface area contributed by atoms with Gasteiger partial charge in [0.2, 0.25) is 0 Å². The zero-order valence-electron chi connectivity index (χ0n) is 22.5. The fourth-order valence-electron chi connectivity index (χ4n) is 5.94. The third kappa shape index (κ3) is 7.27. The Morgan fingerprint density at radius 2 is 1.66 bits per heavy atom. The first-order valence-corrected chi connectivity index (χ1v) is 13.3. The van der Waals surface area contributed by atoms with E-state index in [4.69, 9.17) is 34.5 Å². The van der Waals surface area contributed by atoms with E-state index in [2.05, 4.69) is 52.5 Å². The van der Waals surface area contributed by atoms with Crippen LogP contribution in [0.4, 0.5) is 5.82 Å². The van der Waals surface area contributed by atoms with Gasteiger partial charge >= 0.3 is 0 Å². The molecule has 5 rings (SSSR count). The SMILES string of the molecule is COCCNc1nc(-c2ccccc2)nc2c1CCC21CCN(C2CCN(C)CC2)CC1.O=CO.O=CO. The Kier molecular flexibility index (Phi) is 11.4. The van der Waals surface area contributed by atoms with Gasteiger partial charge in [-0.2, -0.15) is 0 Å². The van der Waals surface area contributed by atoms with Crippen LogP contribution in [0.5, 0.6) is 0 Å². The maximum absolute atomic E-state index is 8.36. The molecule has 3 N–H and O–H groups in total. The van der Waals surface area contributed by atoms with Crippen LogP contribution >= 0.6 is 0 Å². The summed E-state index contributed by atoms with van der Waals surface area (Å²) in [7, 11) is 3.99. The summed E-state index contributed by atoms with van der Waals surface area (Å²) in [5.41, 5.74) is 3.96. The van der Waals surface area contributed by atoms with Crippen molar-refractivity contribution in [2.45, 2.75) is 50.0 Å². The van der Waals surface area contributed by atoms with Gasteiger partial charge in [0.1, 0.15) is 5.82 Å². The van der Waals surface area contributed by atoms with E-state index in [9.17, 15) is 0 Å². The lowest BCUT2D eigenvalue weighted by Crippen LogP contribution is -2.49. The molecule has 2 fully saturated rings. The molecular formula is C28H41N5O5. The van der Waals surface area contributed by atoms with Crippen molar-refractivity contribution in [1.29, 1.82) is 0 Å². The van der Waals surface area contributed by atoms with Crippen LogP contribution in [0.15, 0.2) is 30.3 Å². The van der Waals surface area contributed by atoms with Crippen molar-refractivity contribution in [1.82, 2.24) is 19.8 Å². The van der Waals surface area contributed by atoms with E-state index in [1.165, 1.54) is 69.5 Å². The molecule has 208 valence electrons. The minimum absolute atomic E-state index is 0.210. The molecule has 38 heavy (non-hydrogen) atoms. The normalized spacial score (nSPS) is 18.9. The Morgan fingerprint density at radius 1 is 1.03 bits per heavy atom. The number of carbonyl (C=O) groups is 2. The second-order valence-corrected chi connectivity index (χ2v) is 10.1. The molecule has 10 heteroatoms. The largest absolute Gasteiger partial charge is 0.483 e. The van der Waals surface area contributed by atoms with Crippen molar-refractivity contribution in [2.24, 2.45) is 0 Å². The van der Waals surface area contributed by atoms with Crippen LogP contribution in [-0.4, -0.2) is 102 Å². The number of nitrogens with one attached hydrogen (secondary N) is 1. The molecule has 2 saturated heterocycles. The predicted octanol–water partition coefficient (Wildman–Crippen LogP) is 2.98. The zero-order valence-corrected chi connectivity index (χ0v) is 22.5. The summed E-state index contributed by atoms with van der Waals surface area (Å²) in [6.07, 6.45) is 7.34. The fourth-order valence-corrected chi connectivity index (χ4v) is 5.94. The first kappa shape index (κ1) is 29.5. The summed E-state index contributed by atoms with van der Waals surface area (Å²) < 4.78 is 5.27. The van der Waals surface area contributed by atoms with Gasteiger partial charge in [0.15, 0.2) is 5.82 Å². The molecular weight excluding hydrogens is 486 g/mol. The number of hydrogen-bond acceptors (Lipinski definition) is 8. The summed E-state index contributed by atoms with van der Waals surface area (Å²) >= 11 is 0. The highest BCUT2D eigenvalue weighted by molar-refractivity contribution is 5.62. The van der Waals surface area contributed by atoms with Crippen molar-refractivity contribution < 1.29 is 24.5 Å². The molecule has 0 saturated carbocycles. The first-order chi connectivity index (χ1) is 18.5. The molecule has 1 aliphatic carbocycles. The van der Waals surface area contributed by atoms with Crippen LogP contribution < -0.4 is 5.32 Å². The molecule has 2 aromatic rings. The molecule has 0 atom stereocenters. The number of ether oxygens (including phenoxy) is 1. The molecule has 1 aromatic heterocycles. The highest BCUT2D eigenvalue weighted by atomic mass is 16.5. The standard InChI is InChI=1S/C26H37N5O.2CH2O2/c1-30-15-9-21(10-16-30)31-17-12-26(13-18-31)11-8-22-23(26)28-24(20-6-4-3-5-7-20)29-25(22)27-14-19-32-2;2*2-1-3/h3-7,21H,8-19H2,1-2H3,(H,27,28,29);2*1H,(H,2,3). The number of methoxy groups -OCH3 is 1. The number of rotatable bonds is 6. The third-order valence-electron chi connectivity index (χ3n) is 7.95. The van der Waals surface area contributed by atoms with Gasteiger partial charge in [-0.1, -0.05) is 30.3 Å². The quantitative estimate of drug-likeness (QED) is 0.381. The van der Waals surface area contributed by atoms with Crippen LogP contribution in [0.2, 0.25) is 0 Å². The van der Waals surface area contributed by atoms with E-state index in [1.54, 1.807) is 7.11 Å². The van der Waals surface area contributed by atoms with E-state index >= 15 is 0 Å². The number of aromatic nitrogens is 2. The van der Waals surface area contributed by atoms with Crippen molar-refractivity contribution >= 4 is 18.8 Å². The smallest absolute Gasteiger partial charge is 0.290 e. The molecule has 10 nitrogen and oxygen atoms in total. The van der Waals surface area contributed by atoms with E-state index < -0.39 is 0 Å².